The molecule has 1 amide bonds. The van der Waals surface area contributed by atoms with Crippen molar-refractivity contribution < 1.29 is 19.4 Å². The second-order valence-corrected chi connectivity index (χ2v) is 9.25. The van der Waals surface area contributed by atoms with Gasteiger partial charge >= 0.3 is 0 Å². The summed E-state index contributed by atoms with van der Waals surface area (Å²) in [5.74, 6) is 1.16. The molecule has 4 aromatic rings. The number of hydrogen-bond acceptors (Lipinski definition) is 7. The molecule has 1 aliphatic rings. The first-order chi connectivity index (χ1) is 18.3. The molecule has 38 heavy (non-hydrogen) atoms. The number of fused-ring (bicyclic) bond motifs is 2. The summed E-state index contributed by atoms with van der Waals surface area (Å²) in [5, 5.41) is 21.0. The lowest BCUT2D eigenvalue weighted by Gasteiger charge is -2.20. The van der Waals surface area contributed by atoms with Crippen LogP contribution in [-0.2, 0) is 4.79 Å². The van der Waals surface area contributed by atoms with Crippen molar-refractivity contribution in [3.63, 3.8) is 0 Å². The van der Waals surface area contributed by atoms with E-state index in [-0.39, 0.29) is 11.8 Å². The quantitative estimate of drug-likeness (QED) is 0.377. The summed E-state index contributed by atoms with van der Waals surface area (Å²) in [6.45, 7) is 1.23. The largest absolute Gasteiger partial charge is 0.494 e. The van der Waals surface area contributed by atoms with E-state index in [9.17, 15) is 15.2 Å². The van der Waals surface area contributed by atoms with Gasteiger partial charge in [-0.1, -0.05) is 6.07 Å². The lowest BCUT2D eigenvalue weighted by Crippen LogP contribution is -2.34. The predicted molar refractivity (Wildman–Crippen MR) is 146 cm³/mol. The van der Waals surface area contributed by atoms with Gasteiger partial charge in [0.05, 0.1) is 40.7 Å². The number of carbonyl (C=O) groups excluding carboxylic acids is 1. The summed E-state index contributed by atoms with van der Waals surface area (Å²) in [5.41, 5.74) is 4.22. The summed E-state index contributed by atoms with van der Waals surface area (Å²) < 4.78 is 11.5. The third-order valence-corrected chi connectivity index (χ3v) is 6.26. The van der Waals surface area contributed by atoms with Gasteiger partial charge in [-0.05, 0) is 68.7 Å². The molecule has 192 valence electrons. The van der Waals surface area contributed by atoms with Crippen LogP contribution in [0.5, 0.6) is 17.4 Å². The van der Waals surface area contributed by atoms with Crippen molar-refractivity contribution in [1.29, 1.82) is 5.26 Å². The van der Waals surface area contributed by atoms with Gasteiger partial charge in [0, 0.05) is 23.7 Å². The van der Waals surface area contributed by atoms with E-state index in [2.05, 4.69) is 11.1 Å². The van der Waals surface area contributed by atoms with Gasteiger partial charge in [0.25, 0.3) is 0 Å². The van der Waals surface area contributed by atoms with Gasteiger partial charge in [-0.2, -0.15) is 5.26 Å². The molecule has 0 spiro atoms. The lowest BCUT2D eigenvalue weighted by atomic mass is 9.99. The number of aromatic nitrogens is 1. The van der Waals surface area contributed by atoms with E-state index in [0.717, 1.165) is 16.6 Å². The fourth-order valence-electron chi connectivity index (χ4n) is 4.35. The average molecular weight is 510 g/mol. The number of nitrogens with one attached hydrogen (secondary N) is 1. The maximum atomic E-state index is 12.5. The number of nitriles is 1. The number of amides is 1. The second kappa shape index (κ2) is 10.3. The van der Waals surface area contributed by atoms with Crippen LogP contribution in [0.1, 0.15) is 16.7 Å². The summed E-state index contributed by atoms with van der Waals surface area (Å²) >= 11 is 0. The van der Waals surface area contributed by atoms with Gasteiger partial charge in [-0.25, -0.2) is 4.99 Å². The zero-order valence-corrected chi connectivity index (χ0v) is 21.4. The van der Waals surface area contributed by atoms with E-state index in [1.807, 2.05) is 61.5 Å². The number of aromatic hydroxyl groups is 1. The van der Waals surface area contributed by atoms with Crippen LogP contribution in [0, 0.1) is 11.3 Å². The Balaban J connectivity index is 1.60. The third-order valence-electron chi connectivity index (χ3n) is 6.26. The Morgan fingerprint density at radius 1 is 1.03 bits per heavy atom. The van der Waals surface area contributed by atoms with Gasteiger partial charge in [-0.3, -0.25) is 4.79 Å². The fraction of sp³-hybridized carbons (Fsp3) is 0.207. The van der Waals surface area contributed by atoms with Crippen molar-refractivity contribution in [3.8, 4) is 23.4 Å². The molecule has 0 unspecified atom stereocenters. The molecular weight excluding hydrogens is 482 g/mol. The van der Waals surface area contributed by atoms with E-state index in [0.29, 0.717) is 59.3 Å². The number of likely N-dealkylation sites (N-methyl/N-ethyl adjacent to an activating group) is 2. The van der Waals surface area contributed by atoms with E-state index >= 15 is 0 Å². The van der Waals surface area contributed by atoms with Crippen molar-refractivity contribution in [2.24, 2.45) is 4.99 Å². The number of benzene rings is 3. The zero-order valence-electron chi connectivity index (χ0n) is 21.4. The number of nitrogens with zero attached hydrogens (tertiary/aromatic N) is 4. The molecule has 1 aromatic heterocycles. The van der Waals surface area contributed by atoms with E-state index in [4.69, 9.17) is 14.5 Å². The molecule has 0 aliphatic carbocycles. The monoisotopic (exact) mass is 509 g/mol. The maximum Gasteiger partial charge on any atom is 0.240 e. The molecule has 9 nitrogen and oxygen atoms in total. The number of carbonyl (C=O) groups is 1. The fourth-order valence-corrected chi connectivity index (χ4v) is 4.35. The summed E-state index contributed by atoms with van der Waals surface area (Å²) in [6, 6.07) is 20.2. The van der Waals surface area contributed by atoms with Crippen LogP contribution in [0.3, 0.4) is 0 Å². The molecule has 0 radical (unpaired) electrons. The van der Waals surface area contributed by atoms with E-state index < -0.39 is 0 Å². The van der Waals surface area contributed by atoms with Crippen LogP contribution in [-0.4, -0.2) is 67.5 Å². The minimum absolute atomic E-state index is 0.0244. The van der Waals surface area contributed by atoms with Gasteiger partial charge < -0.3 is 29.4 Å². The van der Waals surface area contributed by atoms with Crippen molar-refractivity contribution in [2.75, 3.05) is 45.8 Å². The number of hydrogen-bond donors (Lipinski definition) is 2. The van der Waals surface area contributed by atoms with E-state index in [1.54, 1.807) is 30.1 Å². The van der Waals surface area contributed by atoms with Crippen molar-refractivity contribution in [2.45, 2.75) is 0 Å². The van der Waals surface area contributed by atoms with Crippen LogP contribution < -0.4 is 14.4 Å². The molecular formula is C29H27N5O4. The highest BCUT2D eigenvalue weighted by molar-refractivity contribution is 6.22. The predicted octanol–water partition coefficient (Wildman–Crippen LogP) is 4.21. The van der Waals surface area contributed by atoms with Gasteiger partial charge in [0.2, 0.25) is 5.91 Å². The third kappa shape index (κ3) is 4.90. The van der Waals surface area contributed by atoms with Crippen LogP contribution >= 0.6 is 0 Å². The Labute approximate surface area is 220 Å². The molecule has 0 bridgehead atoms. The van der Waals surface area contributed by atoms with Crippen LogP contribution in [0.25, 0.3) is 10.9 Å². The van der Waals surface area contributed by atoms with Crippen LogP contribution in [0.15, 0.2) is 65.7 Å². The molecule has 0 saturated heterocycles. The van der Waals surface area contributed by atoms with Gasteiger partial charge in [0.15, 0.2) is 17.4 Å². The first-order valence-electron chi connectivity index (χ1n) is 12.1. The SMILES string of the molecule is CN(C)CC(=O)N(C)c1ccc(N=C(c2ccc3c(c2)OCCO3)c2c(O)[nH]c3cc(C#N)ccc23)cc1. The Kier molecular flexibility index (Phi) is 6.73. The highest BCUT2D eigenvalue weighted by Gasteiger charge is 2.22. The topological polar surface area (TPSA) is 114 Å². The van der Waals surface area contributed by atoms with Crippen LogP contribution in [0.4, 0.5) is 11.4 Å². The molecule has 1 aliphatic heterocycles. The molecule has 9 heteroatoms. The molecule has 0 saturated carbocycles. The van der Waals surface area contributed by atoms with Gasteiger partial charge in [0.1, 0.15) is 13.2 Å². The minimum atomic E-state index is -0.0608. The van der Waals surface area contributed by atoms with E-state index in [1.165, 1.54) is 0 Å². The molecule has 2 N–H and O–H groups in total. The average Bonchev–Trinajstić information content (AvgIpc) is 3.25. The minimum Gasteiger partial charge on any atom is -0.494 e. The molecule has 0 atom stereocenters. The molecule has 0 fully saturated rings. The summed E-state index contributed by atoms with van der Waals surface area (Å²) in [6.07, 6.45) is 0. The highest BCUT2D eigenvalue weighted by atomic mass is 16.6. The first kappa shape index (κ1) is 24.9. The number of anilines is 1. The number of ether oxygens (including phenoxy) is 2. The summed E-state index contributed by atoms with van der Waals surface area (Å²) in [4.78, 5) is 23.8. The first-order valence-corrected chi connectivity index (χ1v) is 12.1. The smallest absolute Gasteiger partial charge is 0.240 e. The van der Waals surface area contributed by atoms with Gasteiger partial charge in [-0.15, -0.1) is 0 Å². The number of rotatable bonds is 6. The van der Waals surface area contributed by atoms with Crippen molar-refractivity contribution in [3.05, 3.63) is 77.4 Å². The van der Waals surface area contributed by atoms with Crippen molar-refractivity contribution >= 4 is 33.9 Å². The molecule has 5 rings (SSSR count). The second-order valence-electron chi connectivity index (χ2n) is 9.25. The van der Waals surface area contributed by atoms with Crippen molar-refractivity contribution in [1.82, 2.24) is 9.88 Å². The Hall–Kier alpha value is -4.81. The summed E-state index contributed by atoms with van der Waals surface area (Å²) in [7, 11) is 5.44. The standard InChI is InChI=1S/C29H27N5O4/c1-33(2)17-26(35)34(3)21-8-6-20(7-9-21)31-28(19-5-11-24-25(15-19)38-13-12-37-24)27-22-10-4-18(16-30)14-23(22)32-29(27)36/h4-11,14-15,32,36H,12-13,17H2,1-3H3. The molecule has 3 aromatic carbocycles. The number of H-pyrrole nitrogens is 1. The Morgan fingerprint density at radius 3 is 2.47 bits per heavy atom. The van der Waals surface area contributed by atoms with Crippen LogP contribution in [0.2, 0.25) is 0 Å². The number of aromatic amines is 1. The maximum absolute atomic E-state index is 12.5. The normalized spacial score (nSPS) is 13.0. The highest BCUT2D eigenvalue weighted by Crippen LogP contribution is 2.36. The number of aliphatic imine (C=N–C) groups is 1. The zero-order chi connectivity index (χ0) is 26.8. The lowest BCUT2D eigenvalue weighted by molar-refractivity contribution is -0.118. The Bertz CT molecular complexity index is 1580. The molecule has 2 heterocycles. The Morgan fingerprint density at radius 2 is 1.76 bits per heavy atom.